The highest BCUT2D eigenvalue weighted by molar-refractivity contribution is 7.99. The molecule has 144 valence electrons. The molecular formula is C21H26N2O3S. The smallest absolute Gasteiger partial charge is 0.257 e. The van der Waals surface area contributed by atoms with Crippen molar-refractivity contribution >= 4 is 23.4 Å². The van der Waals surface area contributed by atoms with Gasteiger partial charge < -0.3 is 19.6 Å². The van der Waals surface area contributed by atoms with Gasteiger partial charge in [-0.15, -0.1) is 11.8 Å². The number of likely N-dealkylation sites (N-methyl/N-ethyl adjacent to an activating group) is 1. The Labute approximate surface area is 164 Å². The van der Waals surface area contributed by atoms with E-state index >= 15 is 0 Å². The van der Waals surface area contributed by atoms with Crippen LogP contribution in [0.15, 0.2) is 53.4 Å². The van der Waals surface area contributed by atoms with E-state index in [0.29, 0.717) is 13.2 Å². The summed E-state index contributed by atoms with van der Waals surface area (Å²) in [6.07, 6.45) is -1.11. The van der Waals surface area contributed by atoms with Gasteiger partial charge in [-0.3, -0.25) is 4.79 Å². The molecule has 0 fully saturated rings. The maximum Gasteiger partial charge on any atom is 0.257 e. The molecule has 2 aromatic rings. The molecule has 0 spiro atoms. The molecule has 27 heavy (non-hydrogen) atoms. The number of thioether (sulfide) groups is 1. The second kappa shape index (κ2) is 8.78. The number of carbonyl (C=O) groups is 1. The van der Waals surface area contributed by atoms with Crippen LogP contribution < -0.4 is 9.64 Å². The number of carbonyl (C=O) groups excluding carboxylic acids is 1. The number of amides is 1. The van der Waals surface area contributed by atoms with Gasteiger partial charge in [0.1, 0.15) is 11.9 Å². The second-order valence-corrected chi connectivity index (χ2v) is 7.93. The summed E-state index contributed by atoms with van der Waals surface area (Å²) in [5.41, 5.74) is 1.77. The molecule has 2 unspecified atom stereocenters. The summed E-state index contributed by atoms with van der Waals surface area (Å²) in [5, 5.41) is 10.5. The molecule has 3 rings (SSSR count). The van der Waals surface area contributed by atoms with E-state index in [1.165, 1.54) is 11.8 Å². The van der Waals surface area contributed by atoms with E-state index in [4.69, 9.17) is 4.74 Å². The van der Waals surface area contributed by atoms with Crippen LogP contribution in [0.3, 0.4) is 0 Å². The first-order chi connectivity index (χ1) is 13.0. The number of hydrogen-bond acceptors (Lipinski definition) is 5. The summed E-state index contributed by atoms with van der Waals surface area (Å²) in [5.74, 6) is 0.530. The minimum absolute atomic E-state index is 0.256. The monoisotopic (exact) mass is 386 g/mol. The zero-order chi connectivity index (χ0) is 19.4. The van der Waals surface area contributed by atoms with Crippen molar-refractivity contribution in [2.45, 2.75) is 23.2 Å². The summed E-state index contributed by atoms with van der Waals surface area (Å²) in [7, 11) is 3.95. The molecule has 0 saturated heterocycles. The van der Waals surface area contributed by atoms with Crippen molar-refractivity contribution in [1.29, 1.82) is 0 Å². The van der Waals surface area contributed by atoms with Crippen LogP contribution in [0, 0.1) is 0 Å². The fraction of sp³-hybridized carbons (Fsp3) is 0.381. The fourth-order valence-electron chi connectivity index (χ4n) is 3.09. The van der Waals surface area contributed by atoms with E-state index in [-0.39, 0.29) is 11.2 Å². The van der Waals surface area contributed by atoms with Crippen LogP contribution >= 0.6 is 11.8 Å². The molecule has 1 aliphatic heterocycles. The number of fused-ring (bicyclic) bond motifs is 1. The molecule has 1 N–H and O–H groups in total. The number of rotatable bonds is 6. The zero-order valence-corrected chi connectivity index (χ0v) is 16.8. The van der Waals surface area contributed by atoms with Crippen molar-refractivity contribution in [1.82, 2.24) is 4.90 Å². The van der Waals surface area contributed by atoms with Gasteiger partial charge in [0.25, 0.3) is 5.91 Å². The molecule has 1 heterocycles. The Morgan fingerprint density at radius 2 is 1.85 bits per heavy atom. The van der Waals surface area contributed by atoms with Crippen LogP contribution in [0.1, 0.15) is 17.7 Å². The average Bonchev–Trinajstić information content (AvgIpc) is 2.77. The number of anilines is 1. The topological polar surface area (TPSA) is 53.0 Å². The van der Waals surface area contributed by atoms with Gasteiger partial charge >= 0.3 is 0 Å². The lowest BCUT2D eigenvalue weighted by atomic mass is 10.1. The summed E-state index contributed by atoms with van der Waals surface area (Å²) < 4.78 is 5.50. The van der Waals surface area contributed by atoms with Gasteiger partial charge in [-0.1, -0.05) is 24.3 Å². The van der Waals surface area contributed by atoms with Gasteiger partial charge in [0.15, 0.2) is 0 Å². The number of nitrogens with zero attached hydrogens (tertiary/aromatic N) is 2. The second-order valence-electron chi connectivity index (χ2n) is 6.75. The van der Waals surface area contributed by atoms with Gasteiger partial charge in [0.05, 0.1) is 17.5 Å². The Morgan fingerprint density at radius 3 is 2.52 bits per heavy atom. The summed E-state index contributed by atoms with van der Waals surface area (Å²) in [6, 6.07) is 15.5. The predicted molar refractivity (Wildman–Crippen MR) is 110 cm³/mol. The van der Waals surface area contributed by atoms with E-state index in [1.54, 1.807) is 4.90 Å². The molecule has 6 heteroatoms. The zero-order valence-electron chi connectivity index (χ0n) is 16.0. The molecule has 0 radical (unpaired) electrons. The molecule has 1 aliphatic rings. The van der Waals surface area contributed by atoms with Crippen molar-refractivity contribution in [3.63, 3.8) is 0 Å². The van der Waals surface area contributed by atoms with Crippen molar-refractivity contribution in [3.8, 4) is 5.75 Å². The molecule has 0 aromatic heterocycles. The van der Waals surface area contributed by atoms with Gasteiger partial charge in [0, 0.05) is 18.0 Å². The maximum absolute atomic E-state index is 13.1. The van der Waals surface area contributed by atoms with E-state index in [1.807, 2.05) is 74.4 Å². The van der Waals surface area contributed by atoms with Crippen LogP contribution in [0.5, 0.6) is 5.75 Å². The minimum atomic E-state index is -1.11. The Bertz CT molecular complexity index is 779. The predicted octanol–water partition coefficient (Wildman–Crippen LogP) is 3.19. The third-order valence-electron chi connectivity index (χ3n) is 4.51. The number of para-hydroxylation sites is 1. The third kappa shape index (κ3) is 4.46. The van der Waals surface area contributed by atoms with Crippen molar-refractivity contribution in [3.05, 3.63) is 54.1 Å². The first kappa shape index (κ1) is 19.7. The van der Waals surface area contributed by atoms with E-state index in [0.717, 1.165) is 28.4 Å². The number of aliphatic hydroxyl groups excluding tert-OH is 1. The molecule has 0 saturated carbocycles. The third-order valence-corrected chi connectivity index (χ3v) is 5.89. The molecule has 2 aromatic carbocycles. The molecule has 0 bridgehead atoms. The Kier molecular flexibility index (Phi) is 6.42. The lowest BCUT2D eigenvalue weighted by Gasteiger charge is -2.26. The van der Waals surface area contributed by atoms with Crippen LogP contribution in [0.2, 0.25) is 0 Å². The average molecular weight is 387 g/mol. The number of aliphatic hydroxyl groups is 1. The quantitative estimate of drug-likeness (QED) is 0.826. The Hall–Kier alpha value is -2.02. The van der Waals surface area contributed by atoms with E-state index < -0.39 is 6.10 Å². The molecule has 2 atom stereocenters. The number of ether oxygens (including phenoxy) is 1. The van der Waals surface area contributed by atoms with Gasteiger partial charge in [0.2, 0.25) is 0 Å². The Morgan fingerprint density at radius 1 is 1.15 bits per heavy atom. The Balaban J connectivity index is 1.94. The first-order valence-electron chi connectivity index (χ1n) is 9.14. The number of benzene rings is 2. The maximum atomic E-state index is 13.1. The summed E-state index contributed by atoms with van der Waals surface area (Å²) in [4.78, 5) is 17.8. The van der Waals surface area contributed by atoms with Crippen LogP contribution in [-0.4, -0.2) is 55.8 Å². The highest BCUT2D eigenvalue weighted by Crippen LogP contribution is 2.45. The highest BCUT2D eigenvalue weighted by atomic mass is 32.2. The SMILES string of the molecule is CCOc1ccc(C2Sc3ccccc3N(CCN(C)C)C(=O)C2O)cc1. The van der Waals surface area contributed by atoms with E-state index in [2.05, 4.69) is 0 Å². The van der Waals surface area contributed by atoms with E-state index in [9.17, 15) is 9.90 Å². The van der Waals surface area contributed by atoms with Gasteiger partial charge in [-0.2, -0.15) is 0 Å². The molecule has 1 amide bonds. The minimum Gasteiger partial charge on any atom is -0.494 e. The van der Waals surface area contributed by atoms with Crippen molar-refractivity contribution in [2.24, 2.45) is 0 Å². The van der Waals surface area contributed by atoms with Crippen LogP contribution in [-0.2, 0) is 4.79 Å². The largest absolute Gasteiger partial charge is 0.494 e. The number of hydrogen-bond donors (Lipinski definition) is 1. The van der Waals surface area contributed by atoms with Gasteiger partial charge in [-0.25, -0.2) is 0 Å². The highest BCUT2D eigenvalue weighted by Gasteiger charge is 2.37. The lowest BCUT2D eigenvalue weighted by molar-refractivity contribution is -0.126. The normalized spacial score (nSPS) is 19.7. The van der Waals surface area contributed by atoms with Gasteiger partial charge in [-0.05, 0) is 50.8 Å². The fourth-order valence-corrected chi connectivity index (χ4v) is 4.36. The first-order valence-corrected chi connectivity index (χ1v) is 10.0. The summed E-state index contributed by atoms with van der Waals surface area (Å²) in [6.45, 7) is 3.81. The standard InChI is InChI=1S/C21H26N2O3S/c1-4-26-16-11-9-15(10-12-16)20-19(24)21(25)23(14-13-22(2)3)17-7-5-6-8-18(17)27-20/h5-12,19-20,24H,4,13-14H2,1-3H3. The molecule has 5 nitrogen and oxygen atoms in total. The van der Waals surface area contributed by atoms with Crippen molar-refractivity contribution in [2.75, 3.05) is 38.7 Å². The summed E-state index contributed by atoms with van der Waals surface area (Å²) >= 11 is 1.53. The van der Waals surface area contributed by atoms with Crippen molar-refractivity contribution < 1.29 is 14.6 Å². The van der Waals surface area contributed by atoms with Crippen LogP contribution in [0.25, 0.3) is 0 Å². The molecule has 0 aliphatic carbocycles. The van der Waals surface area contributed by atoms with Crippen LogP contribution in [0.4, 0.5) is 5.69 Å². The lowest BCUT2D eigenvalue weighted by Crippen LogP contribution is -2.43. The molecular weight excluding hydrogens is 360 g/mol.